The van der Waals surface area contributed by atoms with Crippen LogP contribution in [-0.4, -0.2) is 31.9 Å². The number of ether oxygens (including phenoxy) is 2. The Hall–Kier alpha value is -1.95. The summed E-state index contributed by atoms with van der Waals surface area (Å²) >= 11 is 0. The molecule has 1 aromatic carbocycles. The number of anilines is 2. The number of nitrogens with two attached hydrogens (primary N) is 1. The van der Waals surface area contributed by atoms with Crippen molar-refractivity contribution in [3.05, 3.63) is 18.2 Å². The molecule has 0 heterocycles. The van der Waals surface area contributed by atoms with Gasteiger partial charge in [-0.3, -0.25) is 5.32 Å². The zero-order chi connectivity index (χ0) is 15.9. The highest BCUT2D eigenvalue weighted by Crippen LogP contribution is 2.27. The van der Waals surface area contributed by atoms with Crippen LogP contribution in [0, 0.1) is 0 Å². The smallest absolute Gasteiger partial charge is 0.412 e. The molecule has 0 saturated heterocycles. The summed E-state index contributed by atoms with van der Waals surface area (Å²) in [6.07, 6.45) is 0.345. The first-order valence-electron chi connectivity index (χ1n) is 6.97. The molecule has 6 nitrogen and oxygen atoms in total. The molecule has 21 heavy (non-hydrogen) atoms. The summed E-state index contributed by atoms with van der Waals surface area (Å²) in [7, 11) is 1.60. The fraction of sp³-hybridized carbons (Fsp3) is 0.533. The fourth-order valence-electron chi connectivity index (χ4n) is 1.64. The maximum atomic E-state index is 11.9. The summed E-state index contributed by atoms with van der Waals surface area (Å²) in [5.41, 5.74) is 6.36. The van der Waals surface area contributed by atoms with Crippen LogP contribution in [0.4, 0.5) is 16.2 Å². The zero-order valence-corrected chi connectivity index (χ0v) is 13.2. The summed E-state index contributed by atoms with van der Waals surface area (Å²) in [5.74, 6) is 0.708. The van der Waals surface area contributed by atoms with Gasteiger partial charge in [0.2, 0.25) is 0 Å². The van der Waals surface area contributed by atoms with Crippen molar-refractivity contribution < 1.29 is 14.3 Å². The molecule has 1 rings (SSSR count). The van der Waals surface area contributed by atoms with E-state index in [1.54, 1.807) is 19.2 Å². The standard InChI is InChI=1S/C15H25N3O3/c1-15(2,3)21-14(19)18-12-7-6-11(20-4)10-13(12)17-9-5-8-16/h6-7,10,17H,5,8-9,16H2,1-4H3,(H,18,19). The molecule has 0 aliphatic rings. The van der Waals surface area contributed by atoms with Gasteiger partial charge in [0, 0.05) is 12.6 Å². The van der Waals surface area contributed by atoms with Gasteiger partial charge in [0.05, 0.1) is 18.5 Å². The summed E-state index contributed by atoms with van der Waals surface area (Å²) in [5, 5.41) is 5.96. The molecular weight excluding hydrogens is 270 g/mol. The Balaban J connectivity index is 2.81. The van der Waals surface area contributed by atoms with Crippen molar-refractivity contribution in [1.82, 2.24) is 0 Å². The number of amides is 1. The van der Waals surface area contributed by atoms with Gasteiger partial charge in [-0.2, -0.15) is 0 Å². The Morgan fingerprint density at radius 3 is 2.57 bits per heavy atom. The second kappa shape index (κ2) is 7.73. The first-order valence-corrected chi connectivity index (χ1v) is 6.97. The van der Waals surface area contributed by atoms with E-state index in [1.165, 1.54) is 0 Å². The van der Waals surface area contributed by atoms with E-state index < -0.39 is 11.7 Å². The van der Waals surface area contributed by atoms with E-state index in [-0.39, 0.29) is 0 Å². The van der Waals surface area contributed by atoms with Crippen LogP contribution >= 0.6 is 0 Å². The Morgan fingerprint density at radius 2 is 2.00 bits per heavy atom. The normalized spacial score (nSPS) is 10.9. The van der Waals surface area contributed by atoms with Crippen LogP contribution in [0.25, 0.3) is 0 Å². The van der Waals surface area contributed by atoms with Gasteiger partial charge in [-0.05, 0) is 45.9 Å². The van der Waals surface area contributed by atoms with Gasteiger partial charge in [-0.15, -0.1) is 0 Å². The molecular formula is C15H25N3O3. The van der Waals surface area contributed by atoms with E-state index >= 15 is 0 Å². The van der Waals surface area contributed by atoms with Crippen LogP contribution in [0.1, 0.15) is 27.2 Å². The highest BCUT2D eigenvalue weighted by atomic mass is 16.6. The second-order valence-corrected chi connectivity index (χ2v) is 5.61. The van der Waals surface area contributed by atoms with E-state index in [0.717, 1.165) is 12.1 Å². The summed E-state index contributed by atoms with van der Waals surface area (Å²) in [6, 6.07) is 5.37. The number of methoxy groups -OCH3 is 1. The van der Waals surface area contributed by atoms with Crippen LogP contribution in [0.2, 0.25) is 0 Å². The number of nitrogens with one attached hydrogen (secondary N) is 2. The molecule has 0 aliphatic carbocycles. The van der Waals surface area contributed by atoms with Gasteiger partial charge in [0.15, 0.2) is 0 Å². The average Bonchev–Trinajstić information content (AvgIpc) is 2.38. The third-order valence-corrected chi connectivity index (χ3v) is 2.56. The number of rotatable bonds is 6. The van der Waals surface area contributed by atoms with Gasteiger partial charge in [-0.25, -0.2) is 4.79 Å². The Bertz CT molecular complexity index is 470. The van der Waals surface area contributed by atoms with Crippen LogP contribution < -0.4 is 21.1 Å². The van der Waals surface area contributed by atoms with Crippen LogP contribution in [-0.2, 0) is 4.74 Å². The van der Waals surface area contributed by atoms with Crippen molar-refractivity contribution >= 4 is 17.5 Å². The molecule has 0 saturated carbocycles. The minimum absolute atomic E-state index is 0.491. The SMILES string of the molecule is COc1ccc(NC(=O)OC(C)(C)C)c(NCCCN)c1. The number of hydrogen-bond donors (Lipinski definition) is 3. The van der Waals surface area contributed by atoms with Crippen molar-refractivity contribution in [1.29, 1.82) is 0 Å². The minimum atomic E-state index is -0.538. The summed E-state index contributed by atoms with van der Waals surface area (Å²) in [6.45, 7) is 6.78. The first kappa shape index (κ1) is 17.1. The quantitative estimate of drug-likeness (QED) is 0.703. The molecule has 1 aromatic rings. The molecule has 4 N–H and O–H groups in total. The Kier molecular flexibility index (Phi) is 6.30. The van der Waals surface area contributed by atoms with Crippen LogP contribution in [0.5, 0.6) is 5.75 Å². The predicted octanol–water partition coefficient (Wildman–Crippen LogP) is 2.80. The molecule has 0 radical (unpaired) electrons. The molecule has 0 aliphatic heterocycles. The maximum absolute atomic E-state index is 11.9. The number of carbonyl (C=O) groups excluding carboxylic acids is 1. The van der Waals surface area contributed by atoms with Crippen LogP contribution in [0.3, 0.4) is 0 Å². The Labute approximate surface area is 126 Å². The fourth-order valence-corrected chi connectivity index (χ4v) is 1.64. The third kappa shape index (κ3) is 6.35. The largest absolute Gasteiger partial charge is 0.497 e. The van der Waals surface area contributed by atoms with Crippen LogP contribution in [0.15, 0.2) is 18.2 Å². The third-order valence-electron chi connectivity index (χ3n) is 2.56. The van der Waals surface area contributed by atoms with Gasteiger partial charge >= 0.3 is 6.09 Å². The van der Waals surface area contributed by atoms with Crippen molar-refractivity contribution in [2.75, 3.05) is 30.8 Å². The molecule has 6 heteroatoms. The average molecular weight is 295 g/mol. The van der Waals surface area contributed by atoms with Crippen molar-refractivity contribution in [2.45, 2.75) is 32.8 Å². The van der Waals surface area contributed by atoms with Crippen molar-refractivity contribution in [3.8, 4) is 5.75 Å². The molecule has 0 fully saturated rings. The molecule has 0 unspecified atom stereocenters. The van der Waals surface area contributed by atoms with Gasteiger partial charge in [-0.1, -0.05) is 0 Å². The molecule has 0 bridgehead atoms. The molecule has 1 amide bonds. The van der Waals surface area contributed by atoms with E-state index in [4.69, 9.17) is 15.2 Å². The topological polar surface area (TPSA) is 85.6 Å². The lowest BCUT2D eigenvalue weighted by Crippen LogP contribution is -2.27. The first-order chi connectivity index (χ1) is 9.85. The lowest BCUT2D eigenvalue weighted by atomic mass is 10.2. The van der Waals surface area contributed by atoms with Gasteiger partial charge < -0.3 is 20.5 Å². The van der Waals surface area contributed by atoms with Crippen molar-refractivity contribution in [2.24, 2.45) is 5.73 Å². The molecule has 0 atom stereocenters. The lowest BCUT2D eigenvalue weighted by molar-refractivity contribution is 0.0636. The van der Waals surface area contributed by atoms with Crippen molar-refractivity contribution in [3.63, 3.8) is 0 Å². The summed E-state index contributed by atoms with van der Waals surface area (Å²) in [4.78, 5) is 11.9. The monoisotopic (exact) mass is 295 g/mol. The zero-order valence-electron chi connectivity index (χ0n) is 13.2. The Morgan fingerprint density at radius 1 is 1.29 bits per heavy atom. The number of hydrogen-bond acceptors (Lipinski definition) is 5. The molecule has 0 aromatic heterocycles. The highest BCUT2D eigenvalue weighted by molar-refractivity contribution is 5.90. The summed E-state index contributed by atoms with van der Waals surface area (Å²) < 4.78 is 10.4. The number of carbonyl (C=O) groups is 1. The maximum Gasteiger partial charge on any atom is 0.412 e. The second-order valence-electron chi connectivity index (χ2n) is 5.61. The van der Waals surface area contributed by atoms with E-state index in [9.17, 15) is 4.79 Å². The van der Waals surface area contributed by atoms with E-state index in [0.29, 0.717) is 24.5 Å². The van der Waals surface area contributed by atoms with Gasteiger partial charge in [0.1, 0.15) is 11.4 Å². The lowest BCUT2D eigenvalue weighted by Gasteiger charge is -2.21. The van der Waals surface area contributed by atoms with E-state index in [1.807, 2.05) is 26.8 Å². The highest BCUT2D eigenvalue weighted by Gasteiger charge is 2.17. The van der Waals surface area contributed by atoms with E-state index in [2.05, 4.69) is 10.6 Å². The molecule has 118 valence electrons. The number of benzene rings is 1. The minimum Gasteiger partial charge on any atom is -0.497 e. The van der Waals surface area contributed by atoms with Gasteiger partial charge in [0.25, 0.3) is 0 Å². The molecule has 0 spiro atoms. The predicted molar refractivity (Wildman–Crippen MR) is 85.0 cm³/mol.